The van der Waals surface area contributed by atoms with Crippen LogP contribution in [0.5, 0.6) is 0 Å². The highest BCUT2D eigenvalue weighted by atomic mass is 31.2. The van der Waals surface area contributed by atoms with Crippen LogP contribution in [-0.2, 0) is 32.7 Å². The van der Waals surface area contributed by atoms with Crippen LogP contribution in [0.15, 0.2) is 0 Å². The maximum Gasteiger partial charge on any atom is 0.472 e. The smallest absolute Gasteiger partial charge is 0.462 e. The van der Waals surface area contributed by atoms with Crippen molar-refractivity contribution in [3.05, 3.63) is 0 Å². The van der Waals surface area contributed by atoms with Gasteiger partial charge >= 0.3 is 19.8 Å². The molecule has 0 aromatic rings. The maximum atomic E-state index is 12.4. The second-order valence-electron chi connectivity index (χ2n) is 13.2. The van der Waals surface area contributed by atoms with Gasteiger partial charge in [0.1, 0.15) is 6.61 Å². The average Bonchev–Trinajstić information content (AvgIpc) is 3.06. The molecular weight excluding hydrogens is 617 g/mol. The summed E-state index contributed by atoms with van der Waals surface area (Å²) in [6.45, 7) is 3.49. The molecule has 0 amide bonds. The number of nitrogens with two attached hydrogens (primary N) is 1. The normalized spacial score (nSPS) is 13.4. The van der Waals surface area contributed by atoms with Crippen molar-refractivity contribution < 1.29 is 37.6 Å². The molecule has 2 atom stereocenters. The first-order valence-electron chi connectivity index (χ1n) is 19.5. The van der Waals surface area contributed by atoms with Crippen LogP contribution in [0.25, 0.3) is 0 Å². The van der Waals surface area contributed by atoms with Crippen LogP contribution in [0, 0.1) is 0 Å². The molecule has 0 rings (SSSR count). The molecule has 280 valence electrons. The summed E-state index contributed by atoms with van der Waals surface area (Å²) in [4.78, 5) is 34.0. The molecule has 0 aliphatic carbocycles. The number of phosphoric ester groups is 1. The highest BCUT2D eigenvalue weighted by molar-refractivity contribution is 7.47. The lowest BCUT2D eigenvalue weighted by Gasteiger charge is -2.19. The van der Waals surface area contributed by atoms with Gasteiger partial charge < -0.3 is 20.1 Å². The Bertz CT molecular complexity index is 754. The van der Waals surface area contributed by atoms with Crippen molar-refractivity contribution >= 4 is 19.8 Å². The summed E-state index contributed by atoms with van der Waals surface area (Å²) in [7, 11) is -4.34. The highest BCUT2D eigenvalue weighted by Crippen LogP contribution is 2.43. The van der Waals surface area contributed by atoms with Crippen LogP contribution < -0.4 is 5.73 Å². The topological polar surface area (TPSA) is 134 Å². The summed E-state index contributed by atoms with van der Waals surface area (Å²) in [5.41, 5.74) is 5.29. The fourth-order valence-electron chi connectivity index (χ4n) is 5.55. The third kappa shape index (κ3) is 34.7. The molecule has 0 bridgehead atoms. The number of carbonyl (C=O) groups is 2. The summed E-state index contributed by atoms with van der Waals surface area (Å²) >= 11 is 0. The SMILES string of the molecule is CCCCCCCCCCCCCCCCCCCCCCCCCCC(=O)OC(COC(=O)CCCC)COP(=O)(O)OCCN. The van der Waals surface area contributed by atoms with E-state index in [9.17, 15) is 19.0 Å². The number of ether oxygens (including phenoxy) is 2. The van der Waals surface area contributed by atoms with Gasteiger partial charge in [0.2, 0.25) is 0 Å². The molecule has 0 saturated carbocycles. The van der Waals surface area contributed by atoms with E-state index in [1.54, 1.807) is 0 Å². The Balaban J connectivity index is 3.74. The van der Waals surface area contributed by atoms with E-state index in [2.05, 4.69) is 6.92 Å². The van der Waals surface area contributed by atoms with Crippen molar-refractivity contribution in [3.63, 3.8) is 0 Å². The monoisotopic (exact) mass is 692 g/mol. The van der Waals surface area contributed by atoms with Gasteiger partial charge in [0.05, 0.1) is 13.2 Å². The van der Waals surface area contributed by atoms with Crippen molar-refractivity contribution in [1.82, 2.24) is 0 Å². The van der Waals surface area contributed by atoms with Gasteiger partial charge in [0, 0.05) is 19.4 Å². The second kappa shape index (κ2) is 34.9. The lowest BCUT2D eigenvalue weighted by Crippen LogP contribution is -2.29. The van der Waals surface area contributed by atoms with Gasteiger partial charge in [-0.1, -0.05) is 168 Å². The van der Waals surface area contributed by atoms with Crippen LogP contribution in [-0.4, -0.2) is 49.3 Å². The maximum absolute atomic E-state index is 12.4. The van der Waals surface area contributed by atoms with Crippen molar-refractivity contribution in [2.24, 2.45) is 5.73 Å². The van der Waals surface area contributed by atoms with Crippen molar-refractivity contribution in [2.75, 3.05) is 26.4 Å². The molecule has 0 aromatic carbocycles. The first kappa shape index (κ1) is 46.0. The van der Waals surface area contributed by atoms with Gasteiger partial charge in [0.25, 0.3) is 0 Å². The largest absolute Gasteiger partial charge is 0.472 e. The van der Waals surface area contributed by atoms with Gasteiger partial charge in [-0.15, -0.1) is 0 Å². The van der Waals surface area contributed by atoms with E-state index in [0.717, 1.165) is 19.3 Å². The van der Waals surface area contributed by atoms with E-state index in [1.165, 1.54) is 135 Å². The van der Waals surface area contributed by atoms with E-state index in [-0.39, 0.29) is 32.6 Å². The minimum atomic E-state index is -4.34. The third-order valence-electron chi connectivity index (χ3n) is 8.49. The molecule has 2 unspecified atom stereocenters. The van der Waals surface area contributed by atoms with E-state index in [0.29, 0.717) is 12.8 Å². The molecule has 10 heteroatoms. The Kier molecular flexibility index (Phi) is 34.1. The van der Waals surface area contributed by atoms with Crippen molar-refractivity contribution in [1.29, 1.82) is 0 Å². The van der Waals surface area contributed by atoms with Crippen molar-refractivity contribution in [2.45, 2.75) is 200 Å². The molecule has 3 N–H and O–H groups in total. The lowest BCUT2D eigenvalue weighted by molar-refractivity contribution is -0.161. The number of esters is 2. The van der Waals surface area contributed by atoms with Gasteiger partial charge in [-0.05, 0) is 12.8 Å². The predicted molar refractivity (Wildman–Crippen MR) is 192 cm³/mol. The molecule has 0 radical (unpaired) electrons. The standard InChI is InChI=1S/C37H74NO8P/c1-3-5-7-8-9-10-11-12-13-14-15-16-17-18-19-20-21-22-23-24-25-26-27-28-30-37(40)46-35(33-43-36(39)29-6-4-2)34-45-47(41,42)44-32-31-38/h35H,3-34,38H2,1-2H3,(H,41,42). The molecular formula is C37H74NO8P. The summed E-state index contributed by atoms with van der Waals surface area (Å²) in [5.74, 6) is -0.859. The number of phosphoric acid groups is 1. The zero-order chi connectivity index (χ0) is 34.7. The molecule has 0 heterocycles. The number of hydrogen-bond donors (Lipinski definition) is 2. The molecule has 0 fully saturated rings. The Morgan fingerprint density at radius 2 is 0.936 bits per heavy atom. The highest BCUT2D eigenvalue weighted by Gasteiger charge is 2.25. The van der Waals surface area contributed by atoms with Gasteiger partial charge in [0.15, 0.2) is 6.10 Å². The molecule has 0 spiro atoms. The number of rotatable bonds is 37. The summed E-state index contributed by atoms with van der Waals surface area (Å²) in [6.07, 6.45) is 32.7. The third-order valence-corrected chi connectivity index (χ3v) is 9.48. The Labute approximate surface area is 288 Å². The minimum absolute atomic E-state index is 0.0565. The first-order valence-corrected chi connectivity index (χ1v) is 21.0. The van der Waals surface area contributed by atoms with E-state index in [4.69, 9.17) is 24.3 Å². The molecule has 0 aliphatic rings. The summed E-state index contributed by atoms with van der Waals surface area (Å²) in [5, 5.41) is 0. The molecule has 0 aromatic heterocycles. The van der Waals surface area contributed by atoms with Crippen LogP contribution in [0.1, 0.15) is 194 Å². The molecule has 9 nitrogen and oxygen atoms in total. The summed E-state index contributed by atoms with van der Waals surface area (Å²) < 4.78 is 32.2. The first-order chi connectivity index (χ1) is 22.8. The summed E-state index contributed by atoms with van der Waals surface area (Å²) in [6, 6.07) is 0. The number of carbonyl (C=O) groups excluding carboxylic acids is 2. The average molecular weight is 692 g/mol. The van der Waals surface area contributed by atoms with Crippen LogP contribution in [0.3, 0.4) is 0 Å². The molecule has 0 aliphatic heterocycles. The van der Waals surface area contributed by atoms with Crippen LogP contribution >= 0.6 is 7.82 Å². The fourth-order valence-corrected chi connectivity index (χ4v) is 6.32. The zero-order valence-electron chi connectivity index (χ0n) is 30.5. The van der Waals surface area contributed by atoms with E-state index >= 15 is 0 Å². The van der Waals surface area contributed by atoms with E-state index in [1.807, 2.05) is 6.92 Å². The Morgan fingerprint density at radius 3 is 1.34 bits per heavy atom. The molecule has 0 saturated heterocycles. The fraction of sp³-hybridized carbons (Fsp3) is 0.946. The van der Waals surface area contributed by atoms with Crippen molar-refractivity contribution in [3.8, 4) is 0 Å². The van der Waals surface area contributed by atoms with Gasteiger partial charge in [-0.2, -0.15) is 0 Å². The quantitative estimate of drug-likeness (QED) is 0.0371. The predicted octanol–water partition coefficient (Wildman–Crippen LogP) is 10.5. The lowest BCUT2D eigenvalue weighted by atomic mass is 10.0. The van der Waals surface area contributed by atoms with Crippen LogP contribution in [0.2, 0.25) is 0 Å². The number of hydrogen-bond acceptors (Lipinski definition) is 8. The van der Waals surface area contributed by atoms with E-state index < -0.39 is 32.5 Å². The zero-order valence-corrected chi connectivity index (χ0v) is 31.4. The van der Waals surface area contributed by atoms with Gasteiger partial charge in [-0.25, -0.2) is 4.57 Å². The van der Waals surface area contributed by atoms with Crippen LogP contribution in [0.4, 0.5) is 0 Å². The molecule has 47 heavy (non-hydrogen) atoms. The second-order valence-corrected chi connectivity index (χ2v) is 14.6. The Hall–Kier alpha value is -0.990. The van der Waals surface area contributed by atoms with Gasteiger partial charge in [-0.3, -0.25) is 18.6 Å². The Morgan fingerprint density at radius 1 is 0.553 bits per heavy atom. The minimum Gasteiger partial charge on any atom is -0.462 e. The number of unbranched alkanes of at least 4 members (excludes halogenated alkanes) is 24.